The van der Waals surface area contributed by atoms with E-state index < -0.39 is 5.91 Å². The van der Waals surface area contributed by atoms with Crippen molar-refractivity contribution in [1.82, 2.24) is 5.32 Å². The van der Waals surface area contributed by atoms with Gasteiger partial charge in [0.2, 0.25) is 0 Å². The van der Waals surface area contributed by atoms with Crippen LogP contribution >= 0.6 is 0 Å². The van der Waals surface area contributed by atoms with Crippen LogP contribution in [0.3, 0.4) is 0 Å². The number of carbonyl (C=O) groups is 1. The number of benzene rings is 2. The van der Waals surface area contributed by atoms with Gasteiger partial charge in [0.25, 0.3) is 5.91 Å². The standard InChI is InChI=1S/C20H21N3O2/c1-14-3-8-19(15(2)11-14)23-13-17(12-21)20(25)22-10-9-16-4-6-18(24)7-5-16/h3-8,11,13,23-24H,9-10H2,1-2H3,(H,22,25)/b17-13-. The Morgan fingerprint density at radius 3 is 2.56 bits per heavy atom. The molecular weight excluding hydrogens is 314 g/mol. The molecule has 0 unspecified atom stereocenters. The van der Waals surface area contributed by atoms with Crippen LogP contribution in [0.4, 0.5) is 5.69 Å². The Kier molecular flexibility index (Phi) is 6.19. The highest BCUT2D eigenvalue weighted by atomic mass is 16.3. The summed E-state index contributed by atoms with van der Waals surface area (Å²) in [4.78, 5) is 12.1. The van der Waals surface area contributed by atoms with Crippen molar-refractivity contribution in [2.24, 2.45) is 0 Å². The molecule has 0 aliphatic carbocycles. The fourth-order valence-corrected chi connectivity index (χ4v) is 2.35. The first-order chi connectivity index (χ1) is 12.0. The van der Waals surface area contributed by atoms with Gasteiger partial charge in [-0.05, 0) is 49.6 Å². The minimum absolute atomic E-state index is 0.0191. The van der Waals surface area contributed by atoms with Crippen LogP contribution in [0.15, 0.2) is 54.2 Å². The maximum absolute atomic E-state index is 12.1. The van der Waals surface area contributed by atoms with Gasteiger partial charge >= 0.3 is 0 Å². The number of phenolic OH excluding ortho intramolecular Hbond substituents is 1. The number of hydrogen-bond donors (Lipinski definition) is 3. The topological polar surface area (TPSA) is 85.2 Å². The lowest BCUT2D eigenvalue weighted by molar-refractivity contribution is -0.117. The summed E-state index contributed by atoms with van der Waals surface area (Å²) in [5.74, 6) is -0.210. The third-order valence-corrected chi connectivity index (χ3v) is 3.75. The van der Waals surface area contributed by atoms with E-state index >= 15 is 0 Å². The smallest absolute Gasteiger partial charge is 0.263 e. The molecule has 0 heterocycles. The van der Waals surface area contributed by atoms with Gasteiger partial charge in [0.15, 0.2) is 0 Å². The van der Waals surface area contributed by atoms with Gasteiger partial charge in [-0.25, -0.2) is 0 Å². The van der Waals surface area contributed by atoms with Gasteiger partial charge in [-0.2, -0.15) is 5.26 Å². The summed E-state index contributed by atoms with van der Waals surface area (Å²) in [5.41, 5.74) is 4.07. The Hall–Kier alpha value is -3.26. The molecule has 5 heteroatoms. The van der Waals surface area contributed by atoms with Crippen LogP contribution in [0, 0.1) is 25.2 Å². The molecule has 0 aliphatic rings. The Morgan fingerprint density at radius 2 is 1.92 bits per heavy atom. The molecule has 0 fully saturated rings. The lowest BCUT2D eigenvalue weighted by Gasteiger charge is -2.08. The molecule has 25 heavy (non-hydrogen) atoms. The Bertz CT molecular complexity index is 818. The van der Waals surface area contributed by atoms with E-state index in [-0.39, 0.29) is 11.3 Å². The lowest BCUT2D eigenvalue weighted by atomic mass is 10.1. The number of aromatic hydroxyl groups is 1. The summed E-state index contributed by atoms with van der Waals surface area (Å²) in [6.07, 6.45) is 2.04. The monoisotopic (exact) mass is 335 g/mol. The zero-order chi connectivity index (χ0) is 18.2. The third-order valence-electron chi connectivity index (χ3n) is 3.75. The molecule has 2 aromatic rings. The molecule has 0 saturated heterocycles. The van der Waals surface area contributed by atoms with Crippen molar-refractivity contribution >= 4 is 11.6 Å². The number of carbonyl (C=O) groups excluding carboxylic acids is 1. The first-order valence-corrected chi connectivity index (χ1v) is 8.00. The van der Waals surface area contributed by atoms with E-state index in [1.54, 1.807) is 24.3 Å². The van der Waals surface area contributed by atoms with Gasteiger partial charge in [-0.3, -0.25) is 4.79 Å². The highest BCUT2D eigenvalue weighted by Crippen LogP contribution is 2.16. The van der Waals surface area contributed by atoms with Crippen LogP contribution in [-0.2, 0) is 11.2 Å². The molecule has 0 spiro atoms. The van der Waals surface area contributed by atoms with Gasteiger partial charge in [0.1, 0.15) is 17.4 Å². The summed E-state index contributed by atoms with van der Waals surface area (Å²) in [5, 5.41) is 24.2. The van der Waals surface area contributed by atoms with Crippen molar-refractivity contribution in [3.05, 3.63) is 70.9 Å². The van der Waals surface area contributed by atoms with Crippen molar-refractivity contribution in [2.75, 3.05) is 11.9 Å². The van der Waals surface area contributed by atoms with Gasteiger partial charge in [-0.15, -0.1) is 0 Å². The summed E-state index contributed by atoms with van der Waals surface area (Å²) in [7, 11) is 0. The molecule has 5 nitrogen and oxygen atoms in total. The second-order valence-electron chi connectivity index (χ2n) is 5.80. The molecular formula is C20H21N3O2. The van der Waals surface area contributed by atoms with Gasteiger partial charge in [0.05, 0.1) is 0 Å². The minimum atomic E-state index is -0.418. The molecule has 128 valence electrons. The Morgan fingerprint density at radius 1 is 1.20 bits per heavy atom. The number of aryl methyl sites for hydroxylation is 2. The fourth-order valence-electron chi connectivity index (χ4n) is 2.35. The number of nitriles is 1. The van der Waals surface area contributed by atoms with E-state index in [9.17, 15) is 15.2 Å². The van der Waals surface area contributed by atoms with Crippen molar-refractivity contribution < 1.29 is 9.90 Å². The molecule has 0 saturated carbocycles. The summed E-state index contributed by atoms with van der Waals surface area (Å²) >= 11 is 0. The second kappa shape index (κ2) is 8.55. The van der Waals surface area contributed by atoms with Crippen LogP contribution in [0.5, 0.6) is 5.75 Å². The zero-order valence-electron chi connectivity index (χ0n) is 14.3. The molecule has 0 aromatic heterocycles. The predicted molar refractivity (Wildman–Crippen MR) is 98.1 cm³/mol. The highest BCUT2D eigenvalue weighted by Gasteiger charge is 2.08. The van der Waals surface area contributed by atoms with E-state index in [0.29, 0.717) is 13.0 Å². The van der Waals surface area contributed by atoms with Gasteiger partial charge < -0.3 is 15.7 Å². The van der Waals surface area contributed by atoms with Crippen LogP contribution in [0.2, 0.25) is 0 Å². The largest absolute Gasteiger partial charge is 0.508 e. The number of anilines is 1. The van der Waals surface area contributed by atoms with E-state index in [2.05, 4.69) is 10.6 Å². The Labute approximate surface area is 147 Å². The summed E-state index contributed by atoms with van der Waals surface area (Å²) in [6.45, 7) is 4.38. The van der Waals surface area contributed by atoms with Gasteiger partial charge in [-0.1, -0.05) is 29.8 Å². The number of amides is 1. The van der Waals surface area contributed by atoms with Crippen LogP contribution in [-0.4, -0.2) is 17.6 Å². The number of rotatable bonds is 6. The number of nitrogens with zero attached hydrogens (tertiary/aromatic N) is 1. The quantitative estimate of drug-likeness (QED) is 0.559. The predicted octanol–water partition coefficient (Wildman–Crippen LogP) is 3.19. The van der Waals surface area contributed by atoms with Crippen molar-refractivity contribution in [2.45, 2.75) is 20.3 Å². The maximum Gasteiger partial charge on any atom is 0.263 e. The second-order valence-corrected chi connectivity index (χ2v) is 5.80. The van der Waals surface area contributed by atoms with Crippen molar-refractivity contribution in [3.8, 4) is 11.8 Å². The molecule has 1 amide bonds. The molecule has 3 N–H and O–H groups in total. The molecule has 0 aliphatic heterocycles. The third kappa shape index (κ3) is 5.40. The van der Waals surface area contributed by atoms with Crippen LogP contribution < -0.4 is 10.6 Å². The molecule has 0 radical (unpaired) electrons. The summed E-state index contributed by atoms with van der Waals surface area (Å²) in [6, 6.07) is 14.6. The lowest BCUT2D eigenvalue weighted by Crippen LogP contribution is -2.27. The van der Waals surface area contributed by atoms with Crippen molar-refractivity contribution in [1.29, 1.82) is 5.26 Å². The number of phenols is 1. The number of hydrogen-bond acceptors (Lipinski definition) is 4. The number of nitrogens with one attached hydrogen (secondary N) is 2. The minimum Gasteiger partial charge on any atom is -0.508 e. The molecule has 2 aromatic carbocycles. The van der Waals surface area contributed by atoms with E-state index in [4.69, 9.17) is 0 Å². The first kappa shape index (κ1) is 18.1. The first-order valence-electron chi connectivity index (χ1n) is 8.00. The zero-order valence-corrected chi connectivity index (χ0v) is 14.3. The molecule has 0 bridgehead atoms. The van der Waals surface area contributed by atoms with E-state index in [1.165, 1.54) is 6.20 Å². The molecule has 0 atom stereocenters. The molecule has 2 rings (SSSR count). The van der Waals surface area contributed by atoms with Gasteiger partial charge in [0, 0.05) is 18.4 Å². The van der Waals surface area contributed by atoms with Crippen LogP contribution in [0.25, 0.3) is 0 Å². The SMILES string of the molecule is Cc1ccc(N/C=C(/C#N)C(=O)NCCc2ccc(O)cc2)c(C)c1. The maximum atomic E-state index is 12.1. The normalized spacial score (nSPS) is 10.8. The van der Waals surface area contributed by atoms with Crippen LogP contribution in [0.1, 0.15) is 16.7 Å². The highest BCUT2D eigenvalue weighted by molar-refractivity contribution is 5.97. The average molecular weight is 335 g/mol. The Balaban J connectivity index is 1.91. The van der Waals surface area contributed by atoms with E-state index in [0.717, 1.165) is 22.4 Å². The fraction of sp³-hybridized carbons (Fsp3) is 0.200. The summed E-state index contributed by atoms with van der Waals surface area (Å²) < 4.78 is 0. The van der Waals surface area contributed by atoms with E-state index in [1.807, 2.05) is 38.1 Å². The van der Waals surface area contributed by atoms with Crippen molar-refractivity contribution in [3.63, 3.8) is 0 Å². The average Bonchev–Trinajstić information content (AvgIpc) is 2.59.